The second-order valence-electron chi connectivity index (χ2n) is 4.22. The van der Waals surface area contributed by atoms with Gasteiger partial charge in [-0.1, -0.05) is 17.8 Å². The molecule has 0 unspecified atom stereocenters. The highest BCUT2D eigenvalue weighted by Gasteiger charge is 2.34. The van der Waals surface area contributed by atoms with Crippen LogP contribution >= 0.6 is 11.8 Å². The Morgan fingerprint density at radius 2 is 2.00 bits per heavy atom. The summed E-state index contributed by atoms with van der Waals surface area (Å²) in [5.74, 6) is 0. The lowest BCUT2D eigenvalue weighted by Gasteiger charge is -2.12. The van der Waals surface area contributed by atoms with Crippen molar-refractivity contribution >= 4 is 18.0 Å². The van der Waals surface area contributed by atoms with E-state index >= 15 is 0 Å². The minimum atomic E-state index is -4.50. The van der Waals surface area contributed by atoms with Crippen LogP contribution < -0.4 is 0 Å². The second-order valence-corrected chi connectivity index (χ2v) is 5.28. The third-order valence-electron chi connectivity index (χ3n) is 2.62. The van der Waals surface area contributed by atoms with Crippen LogP contribution in [0.5, 0.6) is 0 Å². The monoisotopic (exact) mass is 300 g/mol. The van der Waals surface area contributed by atoms with Gasteiger partial charge in [-0.2, -0.15) is 18.3 Å². The first-order chi connectivity index (χ1) is 9.31. The van der Waals surface area contributed by atoms with E-state index in [1.807, 2.05) is 0 Å². The number of halogens is 3. The summed E-state index contributed by atoms with van der Waals surface area (Å²) in [6.07, 6.45) is -4.10. The molecule has 0 saturated heterocycles. The van der Waals surface area contributed by atoms with Crippen molar-refractivity contribution in [1.29, 1.82) is 0 Å². The predicted molar refractivity (Wildman–Crippen MR) is 68.9 cm³/mol. The van der Waals surface area contributed by atoms with E-state index in [9.17, 15) is 18.0 Å². The molecule has 0 saturated carbocycles. The molecule has 3 nitrogen and oxygen atoms in total. The summed E-state index contributed by atoms with van der Waals surface area (Å²) in [7, 11) is 1.67. The van der Waals surface area contributed by atoms with Crippen LogP contribution in [-0.2, 0) is 13.2 Å². The van der Waals surface area contributed by atoms with Crippen LogP contribution in [0.2, 0.25) is 0 Å². The topological polar surface area (TPSA) is 34.9 Å². The number of aldehydes is 1. The van der Waals surface area contributed by atoms with E-state index in [1.165, 1.54) is 16.8 Å². The molecule has 0 aliphatic carbocycles. The number of benzene rings is 1. The Hall–Kier alpha value is -1.76. The molecule has 0 bridgehead atoms. The standard InChI is InChI=1S/C13H11F3N2OS/c1-8-5-12(18(2)17-8)20-11-4-3-9(7-19)6-10(11)13(14,15)16/h3-7H,1-2H3. The first-order valence-corrected chi connectivity index (χ1v) is 6.48. The first-order valence-electron chi connectivity index (χ1n) is 5.66. The largest absolute Gasteiger partial charge is 0.417 e. The zero-order chi connectivity index (χ0) is 14.9. The number of nitrogens with zero attached hydrogens (tertiary/aromatic N) is 2. The van der Waals surface area contributed by atoms with Crippen LogP contribution in [0.1, 0.15) is 21.6 Å². The molecule has 20 heavy (non-hydrogen) atoms. The van der Waals surface area contributed by atoms with Crippen molar-refractivity contribution in [3.63, 3.8) is 0 Å². The van der Waals surface area contributed by atoms with Crippen molar-refractivity contribution in [3.8, 4) is 0 Å². The maximum absolute atomic E-state index is 13.0. The summed E-state index contributed by atoms with van der Waals surface area (Å²) >= 11 is 0.972. The van der Waals surface area contributed by atoms with Crippen molar-refractivity contribution in [2.75, 3.05) is 0 Å². The number of aryl methyl sites for hydroxylation is 2. The summed E-state index contributed by atoms with van der Waals surface area (Å²) in [4.78, 5) is 10.7. The van der Waals surface area contributed by atoms with Gasteiger partial charge in [0.2, 0.25) is 0 Å². The minimum Gasteiger partial charge on any atom is -0.298 e. The van der Waals surface area contributed by atoms with Crippen molar-refractivity contribution in [3.05, 3.63) is 41.1 Å². The molecule has 0 atom stereocenters. The Bertz CT molecular complexity index is 650. The smallest absolute Gasteiger partial charge is 0.298 e. The number of alkyl halides is 3. The third kappa shape index (κ3) is 3.04. The average molecular weight is 300 g/mol. The molecule has 0 fully saturated rings. The third-order valence-corrected chi connectivity index (χ3v) is 3.79. The molecule has 0 radical (unpaired) electrons. The molecule has 0 amide bonds. The van der Waals surface area contributed by atoms with Gasteiger partial charge in [-0.25, -0.2) is 0 Å². The maximum Gasteiger partial charge on any atom is 0.417 e. The van der Waals surface area contributed by atoms with Gasteiger partial charge in [-0.15, -0.1) is 0 Å². The first kappa shape index (κ1) is 14.6. The molecule has 1 aromatic heterocycles. The quantitative estimate of drug-likeness (QED) is 0.811. The molecule has 7 heteroatoms. The van der Waals surface area contributed by atoms with E-state index < -0.39 is 11.7 Å². The van der Waals surface area contributed by atoms with Crippen molar-refractivity contribution in [2.24, 2.45) is 7.05 Å². The SMILES string of the molecule is Cc1cc(Sc2ccc(C=O)cc2C(F)(F)F)n(C)n1. The Morgan fingerprint density at radius 1 is 1.30 bits per heavy atom. The van der Waals surface area contributed by atoms with Gasteiger partial charge in [0.15, 0.2) is 0 Å². The molecule has 2 aromatic rings. The van der Waals surface area contributed by atoms with Gasteiger partial charge in [-0.3, -0.25) is 9.48 Å². The van der Waals surface area contributed by atoms with Crippen LogP contribution in [-0.4, -0.2) is 16.1 Å². The molecule has 2 rings (SSSR count). The van der Waals surface area contributed by atoms with Crippen molar-refractivity contribution in [2.45, 2.75) is 23.0 Å². The van der Waals surface area contributed by atoms with Gasteiger partial charge in [0, 0.05) is 17.5 Å². The molecule has 1 heterocycles. The van der Waals surface area contributed by atoms with Crippen molar-refractivity contribution in [1.82, 2.24) is 9.78 Å². The predicted octanol–water partition coefficient (Wildman–Crippen LogP) is 3.71. The average Bonchev–Trinajstić information content (AvgIpc) is 2.67. The number of hydrogen-bond acceptors (Lipinski definition) is 3. The van der Waals surface area contributed by atoms with E-state index in [1.54, 1.807) is 20.0 Å². The van der Waals surface area contributed by atoms with Crippen LogP contribution in [0.3, 0.4) is 0 Å². The fraction of sp³-hybridized carbons (Fsp3) is 0.231. The molecule has 106 valence electrons. The molecule has 0 spiro atoms. The Labute approximate surface area is 117 Å². The lowest BCUT2D eigenvalue weighted by Crippen LogP contribution is -2.08. The van der Waals surface area contributed by atoms with Crippen LogP contribution in [0.4, 0.5) is 13.2 Å². The summed E-state index contributed by atoms with van der Waals surface area (Å²) < 4.78 is 40.6. The summed E-state index contributed by atoms with van der Waals surface area (Å²) in [5, 5.41) is 4.69. The highest BCUT2D eigenvalue weighted by molar-refractivity contribution is 7.99. The Morgan fingerprint density at radius 3 is 2.50 bits per heavy atom. The molecule has 0 aliphatic rings. The molecule has 0 aliphatic heterocycles. The number of hydrogen-bond donors (Lipinski definition) is 0. The van der Waals surface area contributed by atoms with Gasteiger partial charge in [0.05, 0.1) is 16.3 Å². The lowest BCUT2D eigenvalue weighted by molar-refractivity contribution is -0.139. The normalized spacial score (nSPS) is 11.7. The maximum atomic E-state index is 13.0. The Kier molecular flexibility index (Phi) is 3.89. The number of rotatable bonds is 3. The highest BCUT2D eigenvalue weighted by Crippen LogP contribution is 2.39. The number of carbonyl (C=O) groups excluding carboxylic acids is 1. The molecule has 1 aromatic carbocycles. The van der Waals surface area contributed by atoms with E-state index in [2.05, 4.69) is 5.10 Å². The molecular weight excluding hydrogens is 289 g/mol. The Balaban J connectivity index is 2.46. The van der Waals surface area contributed by atoms with E-state index in [0.29, 0.717) is 11.3 Å². The summed E-state index contributed by atoms with van der Waals surface area (Å²) in [6, 6.07) is 5.24. The number of aromatic nitrogens is 2. The second kappa shape index (κ2) is 5.32. The molecular formula is C13H11F3N2OS. The van der Waals surface area contributed by atoms with E-state index in [0.717, 1.165) is 23.5 Å². The van der Waals surface area contributed by atoms with Gasteiger partial charge < -0.3 is 0 Å². The van der Waals surface area contributed by atoms with Gasteiger partial charge in [0.1, 0.15) is 6.29 Å². The highest BCUT2D eigenvalue weighted by atomic mass is 32.2. The fourth-order valence-corrected chi connectivity index (χ4v) is 2.77. The summed E-state index contributed by atoms with van der Waals surface area (Å²) in [6.45, 7) is 1.77. The van der Waals surface area contributed by atoms with Crippen molar-refractivity contribution < 1.29 is 18.0 Å². The minimum absolute atomic E-state index is 0.00265. The van der Waals surface area contributed by atoms with Crippen LogP contribution in [0, 0.1) is 6.92 Å². The lowest BCUT2D eigenvalue weighted by atomic mass is 10.1. The van der Waals surface area contributed by atoms with Crippen LogP contribution in [0.15, 0.2) is 34.2 Å². The van der Waals surface area contributed by atoms with Gasteiger partial charge in [0.25, 0.3) is 0 Å². The van der Waals surface area contributed by atoms with E-state index in [-0.39, 0.29) is 10.5 Å². The van der Waals surface area contributed by atoms with Crippen LogP contribution in [0.25, 0.3) is 0 Å². The zero-order valence-corrected chi connectivity index (χ0v) is 11.5. The fourth-order valence-electron chi connectivity index (χ4n) is 1.73. The van der Waals surface area contributed by atoms with Gasteiger partial charge >= 0.3 is 6.18 Å². The van der Waals surface area contributed by atoms with E-state index in [4.69, 9.17) is 0 Å². The van der Waals surface area contributed by atoms with Gasteiger partial charge in [-0.05, 0) is 25.1 Å². The summed E-state index contributed by atoms with van der Waals surface area (Å²) in [5.41, 5.74) is -0.0816. The molecule has 0 N–H and O–H groups in total. The zero-order valence-electron chi connectivity index (χ0n) is 10.7. The number of carbonyl (C=O) groups is 1.